The van der Waals surface area contributed by atoms with Crippen LogP contribution in [0, 0.1) is 10.1 Å². The molecule has 0 aliphatic carbocycles. The van der Waals surface area contributed by atoms with Crippen LogP contribution in [0.4, 0.5) is 11.4 Å². The average molecular weight is 305 g/mol. The van der Waals surface area contributed by atoms with E-state index >= 15 is 0 Å². The second kappa shape index (κ2) is 6.31. The van der Waals surface area contributed by atoms with Crippen LogP contribution in [0.3, 0.4) is 0 Å². The maximum Gasteiger partial charge on any atom is 0.292 e. The van der Waals surface area contributed by atoms with Crippen LogP contribution >= 0.6 is 0 Å². The van der Waals surface area contributed by atoms with Crippen LogP contribution < -0.4 is 4.90 Å². The van der Waals surface area contributed by atoms with Crippen LogP contribution in [0.15, 0.2) is 24.3 Å². The Morgan fingerprint density at radius 2 is 1.95 bits per heavy atom. The van der Waals surface area contributed by atoms with Gasteiger partial charge in [0.15, 0.2) is 0 Å². The Morgan fingerprint density at radius 1 is 1.23 bits per heavy atom. The molecule has 2 fully saturated rings. The quantitative estimate of drug-likeness (QED) is 0.623. The fourth-order valence-electron chi connectivity index (χ4n) is 3.03. The van der Waals surface area contributed by atoms with Gasteiger partial charge in [-0.3, -0.25) is 14.9 Å². The number of ether oxygens (including phenoxy) is 1. The standard InChI is InChI=1S/C15H19N3O4/c19-15(14-6-3-11-22-14)17-9-7-16(8-10-17)12-4-1-2-5-13(12)18(20)21/h1-2,4-5,14H,3,6-11H2/t14-/m1/s1. The van der Waals surface area contributed by atoms with Crippen molar-refractivity contribution >= 4 is 17.3 Å². The van der Waals surface area contributed by atoms with Crippen molar-refractivity contribution in [3.63, 3.8) is 0 Å². The van der Waals surface area contributed by atoms with Gasteiger partial charge in [-0.2, -0.15) is 0 Å². The molecule has 0 N–H and O–H groups in total. The topological polar surface area (TPSA) is 75.9 Å². The lowest BCUT2D eigenvalue weighted by Crippen LogP contribution is -2.51. The van der Waals surface area contributed by atoms with Crippen LogP contribution in [-0.2, 0) is 9.53 Å². The van der Waals surface area contributed by atoms with Gasteiger partial charge in [0.05, 0.1) is 4.92 Å². The summed E-state index contributed by atoms with van der Waals surface area (Å²) in [6.07, 6.45) is 1.44. The minimum Gasteiger partial charge on any atom is -0.368 e. The van der Waals surface area contributed by atoms with Crippen molar-refractivity contribution in [3.8, 4) is 0 Å². The maximum atomic E-state index is 12.3. The summed E-state index contributed by atoms with van der Waals surface area (Å²) in [5.74, 6) is 0.0553. The summed E-state index contributed by atoms with van der Waals surface area (Å²) < 4.78 is 5.44. The van der Waals surface area contributed by atoms with Crippen LogP contribution in [0.1, 0.15) is 12.8 Å². The molecule has 22 heavy (non-hydrogen) atoms. The molecule has 2 heterocycles. The van der Waals surface area contributed by atoms with Gasteiger partial charge in [-0.25, -0.2) is 0 Å². The first-order valence-electron chi connectivity index (χ1n) is 7.55. The summed E-state index contributed by atoms with van der Waals surface area (Å²) >= 11 is 0. The lowest BCUT2D eigenvalue weighted by molar-refractivity contribution is -0.384. The lowest BCUT2D eigenvalue weighted by Gasteiger charge is -2.36. The number of rotatable bonds is 3. The zero-order chi connectivity index (χ0) is 15.5. The molecule has 7 nitrogen and oxygen atoms in total. The number of nitrogens with zero attached hydrogens (tertiary/aromatic N) is 3. The first-order chi connectivity index (χ1) is 10.7. The minimum absolute atomic E-state index is 0.0553. The van der Waals surface area contributed by atoms with Gasteiger partial charge >= 0.3 is 0 Å². The first-order valence-corrected chi connectivity index (χ1v) is 7.55. The van der Waals surface area contributed by atoms with E-state index in [0.29, 0.717) is 38.5 Å². The van der Waals surface area contributed by atoms with Crippen molar-refractivity contribution in [2.45, 2.75) is 18.9 Å². The minimum atomic E-state index is -0.362. The van der Waals surface area contributed by atoms with E-state index in [-0.39, 0.29) is 22.6 Å². The number of piperazine rings is 1. The fourth-order valence-corrected chi connectivity index (χ4v) is 3.03. The SMILES string of the molecule is O=C([C@H]1CCCO1)N1CCN(c2ccccc2[N+](=O)[O-])CC1. The van der Waals surface area contributed by atoms with Gasteiger partial charge < -0.3 is 14.5 Å². The third kappa shape index (κ3) is 2.89. The van der Waals surface area contributed by atoms with E-state index in [1.54, 1.807) is 23.1 Å². The average Bonchev–Trinajstić information content (AvgIpc) is 3.09. The van der Waals surface area contributed by atoms with E-state index in [4.69, 9.17) is 4.74 Å². The molecule has 1 aromatic carbocycles. The maximum absolute atomic E-state index is 12.3. The Bertz CT molecular complexity index is 564. The lowest BCUT2D eigenvalue weighted by atomic mass is 10.2. The van der Waals surface area contributed by atoms with Crippen molar-refractivity contribution < 1.29 is 14.5 Å². The largest absolute Gasteiger partial charge is 0.368 e. The monoisotopic (exact) mass is 305 g/mol. The Labute approximate surface area is 128 Å². The van der Waals surface area contributed by atoms with E-state index in [2.05, 4.69) is 0 Å². The predicted molar refractivity (Wildman–Crippen MR) is 80.9 cm³/mol. The molecule has 2 saturated heterocycles. The van der Waals surface area contributed by atoms with E-state index in [0.717, 1.165) is 12.8 Å². The summed E-state index contributed by atoms with van der Waals surface area (Å²) in [4.78, 5) is 26.8. The Balaban J connectivity index is 1.64. The van der Waals surface area contributed by atoms with E-state index in [1.165, 1.54) is 6.07 Å². The van der Waals surface area contributed by atoms with Crippen molar-refractivity contribution in [1.29, 1.82) is 0 Å². The van der Waals surface area contributed by atoms with Gasteiger partial charge in [0.2, 0.25) is 0 Å². The molecule has 118 valence electrons. The smallest absolute Gasteiger partial charge is 0.292 e. The summed E-state index contributed by atoms with van der Waals surface area (Å²) in [5, 5.41) is 11.1. The molecule has 1 atom stereocenters. The van der Waals surface area contributed by atoms with Crippen LogP contribution in [0.5, 0.6) is 0 Å². The molecule has 7 heteroatoms. The second-order valence-corrected chi connectivity index (χ2v) is 5.56. The Kier molecular flexibility index (Phi) is 4.24. The number of benzene rings is 1. The highest BCUT2D eigenvalue weighted by Crippen LogP contribution is 2.28. The van der Waals surface area contributed by atoms with Crippen LogP contribution in [0.2, 0.25) is 0 Å². The van der Waals surface area contributed by atoms with E-state index in [9.17, 15) is 14.9 Å². The fraction of sp³-hybridized carbons (Fsp3) is 0.533. The zero-order valence-corrected chi connectivity index (χ0v) is 12.3. The number of para-hydroxylation sites is 2. The third-order valence-electron chi connectivity index (χ3n) is 4.22. The summed E-state index contributed by atoms with van der Waals surface area (Å²) in [6.45, 7) is 3.01. The van der Waals surface area contributed by atoms with Crippen molar-refractivity contribution in [1.82, 2.24) is 4.90 Å². The summed E-state index contributed by atoms with van der Waals surface area (Å²) in [7, 11) is 0. The third-order valence-corrected chi connectivity index (χ3v) is 4.22. The molecular weight excluding hydrogens is 286 g/mol. The number of carbonyl (C=O) groups is 1. The van der Waals surface area contributed by atoms with E-state index < -0.39 is 0 Å². The van der Waals surface area contributed by atoms with Gasteiger partial charge in [-0.1, -0.05) is 12.1 Å². The highest BCUT2D eigenvalue weighted by molar-refractivity contribution is 5.81. The number of hydrogen-bond donors (Lipinski definition) is 0. The van der Waals surface area contributed by atoms with E-state index in [1.807, 2.05) is 4.90 Å². The molecule has 1 amide bonds. The second-order valence-electron chi connectivity index (χ2n) is 5.56. The van der Waals surface area contributed by atoms with Gasteiger partial charge in [-0.05, 0) is 18.9 Å². The normalized spacial score (nSPS) is 21.9. The number of nitro groups is 1. The van der Waals surface area contributed by atoms with Gasteiger partial charge in [0.1, 0.15) is 11.8 Å². The number of carbonyl (C=O) groups excluding carboxylic acids is 1. The molecular formula is C15H19N3O4. The molecule has 3 rings (SSSR count). The number of hydrogen-bond acceptors (Lipinski definition) is 5. The first kappa shape index (κ1) is 14.8. The van der Waals surface area contributed by atoms with Crippen molar-refractivity contribution in [2.75, 3.05) is 37.7 Å². The number of anilines is 1. The summed E-state index contributed by atoms with van der Waals surface area (Å²) in [6, 6.07) is 6.74. The zero-order valence-electron chi connectivity index (χ0n) is 12.3. The van der Waals surface area contributed by atoms with Crippen LogP contribution in [-0.4, -0.2) is 54.6 Å². The van der Waals surface area contributed by atoms with Gasteiger partial charge in [-0.15, -0.1) is 0 Å². The van der Waals surface area contributed by atoms with Gasteiger partial charge in [0, 0.05) is 38.9 Å². The Morgan fingerprint density at radius 3 is 2.59 bits per heavy atom. The predicted octanol–water partition coefficient (Wildman–Crippen LogP) is 1.42. The van der Waals surface area contributed by atoms with Crippen molar-refractivity contribution in [3.05, 3.63) is 34.4 Å². The molecule has 0 radical (unpaired) electrons. The van der Waals surface area contributed by atoms with Crippen molar-refractivity contribution in [2.24, 2.45) is 0 Å². The van der Waals surface area contributed by atoms with Gasteiger partial charge in [0.25, 0.3) is 11.6 Å². The molecule has 2 aliphatic rings. The summed E-state index contributed by atoms with van der Waals surface area (Å²) in [5.41, 5.74) is 0.734. The van der Waals surface area contributed by atoms with Crippen LogP contribution in [0.25, 0.3) is 0 Å². The molecule has 0 unspecified atom stereocenters. The number of nitro benzene ring substituents is 1. The number of amides is 1. The highest BCUT2D eigenvalue weighted by atomic mass is 16.6. The molecule has 0 bridgehead atoms. The molecule has 1 aromatic rings. The Hall–Kier alpha value is -2.15. The molecule has 2 aliphatic heterocycles. The highest BCUT2D eigenvalue weighted by Gasteiger charge is 2.31. The molecule has 0 aromatic heterocycles. The molecule has 0 spiro atoms. The molecule has 0 saturated carbocycles.